The van der Waals surface area contributed by atoms with Crippen LogP contribution in [-0.4, -0.2) is 45.2 Å². The zero-order valence-corrected chi connectivity index (χ0v) is 12.1. The van der Waals surface area contributed by atoms with Gasteiger partial charge in [-0.1, -0.05) is 19.1 Å². The van der Waals surface area contributed by atoms with E-state index in [-0.39, 0.29) is 11.5 Å². The third-order valence-electron chi connectivity index (χ3n) is 2.85. The monoisotopic (exact) mass is 287 g/mol. The highest BCUT2D eigenvalue weighted by Crippen LogP contribution is 2.18. The summed E-state index contributed by atoms with van der Waals surface area (Å²) >= 11 is 0. The largest absolute Gasteiger partial charge is 0.497 e. The minimum Gasteiger partial charge on any atom is -0.497 e. The Morgan fingerprint density at radius 1 is 1.42 bits per heavy atom. The van der Waals surface area contributed by atoms with Gasteiger partial charge in [-0.15, -0.1) is 0 Å². The Morgan fingerprint density at radius 2 is 2.16 bits per heavy atom. The van der Waals surface area contributed by atoms with Crippen molar-refractivity contribution in [2.75, 3.05) is 31.7 Å². The number of benzene rings is 1. The van der Waals surface area contributed by atoms with Crippen molar-refractivity contribution >= 4 is 9.84 Å². The third-order valence-corrected chi connectivity index (χ3v) is 4.55. The molecule has 1 aromatic carbocycles. The lowest BCUT2D eigenvalue weighted by Gasteiger charge is -2.13. The molecule has 0 radical (unpaired) electrons. The van der Waals surface area contributed by atoms with Crippen LogP contribution in [0.3, 0.4) is 0 Å². The lowest BCUT2D eigenvalue weighted by Crippen LogP contribution is -2.27. The van der Waals surface area contributed by atoms with E-state index >= 15 is 0 Å². The summed E-state index contributed by atoms with van der Waals surface area (Å²) in [6, 6.07) is 7.17. The number of ether oxygens (including phenoxy) is 1. The number of methoxy groups -OCH3 is 1. The van der Waals surface area contributed by atoms with Gasteiger partial charge in [0.25, 0.3) is 0 Å². The van der Waals surface area contributed by atoms with Crippen molar-refractivity contribution in [3.05, 3.63) is 29.8 Å². The van der Waals surface area contributed by atoms with Crippen molar-refractivity contribution in [1.29, 1.82) is 0 Å². The zero-order chi connectivity index (χ0) is 14.3. The van der Waals surface area contributed by atoms with Gasteiger partial charge in [0.15, 0.2) is 9.84 Å². The van der Waals surface area contributed by atoms with E-state index in [1.165, 1.54) is 0 Å². The van der Waals surface area contributed by atoms with E-state index < -0.39 is 15.9 Å². The summed E-state index contributed by atoms with van der Waals surface area (Å²) in [5.41, 5.74) is 0.741. The first-order chi connectivity index (χ1) is 8.98. The van der Waals surface area contributed by atoms with Crippen molar-refractivity contribution in [2.24, 2.45) is 0 Å². The first kappa shape index (κ1) is 15.9. The second kappa shape index (κ2) is 7.47. The number of nitrogens with one attached hydrogen (secondary N) is 1. The highest BCUT2D eigenvalue weighted by molar-refractivity contribution is 7.91. The van der Waals surface area contributed by atoms with Crippen molar-refractivity contribution in [1.82, 2.24) is 5.32 Å². The van der Waals surface area contributed by atoms with E-state index in [0.29, 0.717) is 18.8 Å². The fraction of sp³-hybridized carbons (Fsp3) is 0.538. The molecule has 0 amide bonds. The average Bonchev–Trinajstić information content (AvgIpc) is 2.43. The average molecular weight is 287 g/mol. The van der Waals surface area contributed by atoms with Gasteiger partial charge >= 0.3 is 0 Å². The summed E-state index contributed by atoms with van der Waals surface area (Å²) in [7, 11) is -1.39. The molecule has 0 heterocycles. The molecule has 1 rings (SSSR count). The second-order valence-electron chi connectivity index (χ2n) is 4.23. The lowest BCUT2D eigenvalue weighted by molar-refractivity contribution is 0.175. The van der Waals surface area contributed by atoms with Crippen LogP contribution in [0.2, 0.25) is 0 Å². The summed E-state index contributed by atoms with van der Waals surface area (Å²) in [4.78, 5) is 0. The third kappa shape index (κ3) is 5.59. The van der Waals surface area contributed by atoms with Crippen LogP contribution in [0.15, 0.2) is 24.3 Å². The predicted molar refractivity (Wildman–Crippen MR) is 75.2 cm³/mol. The molecule has 6 heteroatoms. The van der Waals surface area contributed by atoms with Gasteiger partial charge in [0.2, 0.25) is 0 Å². The molecule has 0 saturated heterocycles. The number of hydrogen-bond donors (Lipinski definition) is 2. The summed E-state index contributed by atoms with van der Waals surface area (Å²) in [5.74, 6) is 0.923. The highest BCUT2D eigenvalue weighted by Gasteiger charge is 2.10. The maximum Gasteiger partial charge on any atom is 0.151 e. The van der Waals surface area contributed by atoms with E-state index in [1.54, 1.807) is 38.3 Å². The van der Waals surface area contributed by atoms with E-state index in [0.717, 1.165) is 5.56 Å². The Kier molecular flexibility index (Phi) is 6.27. The number of sulfone groups is 1. The standard InChI is InChI=1S/C13H21NO4S/c1-3-19(16,17)8-7-14-10-13(15)11-5-4-6-12(9-11)18-2/h4-6,9,13-15H,3,7-8,10H2,1-2H3. The quantitative estimate of drug-likeness (QED) is 0.690. The van der Waals surface area contributed by atoms with Gasteiger partial charge in [-0.3, -0.25) is 0 Å². The molecule has 5 nitrogen and oxygen atoms in total. The van der Waals surface area contributed by atoms with Gasteiger partial charge in [0.05, 0.1) is 19.0 Å². The Morgan fingerprint density at radius 3 is 2.79 bits per heavy atom. The Hall–Kier alpha value is -1.11. The summed E-state index contributed by atoms with van der Waals surface area (Å²) < 4.78 is 27.6. The molecule has 0 saturated carbocycles. The fourth-order valence-corrected chi connectivity index (χ4v) is 2.32. The normalized spacial score (nSPS) is 13.2. The van der Waals surface area contributed by atoms with Crippen LogP contribution in [0.25, 0.3) is 0 Å². The molecule has 108 valence electrons. The zero-order valence-electron chi connectivity index (χ0n) is 11.3. The highest BCUT2D eigenvalue weighted by atomic mass is 32.2. The molecule has 2 N–H and O–H groups in total. The maximum atomic E-state index is 11.3. The van der Waals surface area contributed by atoms with Gasteiger partial charge in [-0.05, 0) is 17.7 Å². The number of hydrogen-bond acceptors (Lipinski definition) is 5. The van der Waals surface area contributed by atoms with Crippen LogP contribution < -0.4 is 10.1 Å². The number of rotatable bonds is 8. The molecule has 1 unspecified atom stereocenters. The van der Waals surface area contributed by atoms with Crippen LogP contribution in [0, 0.1) is 0 Å². The molecule has 0 bridgehead atoms. The topological polar surface area (TPSA) is 75.6 Å². The second-order valence-corrected chi connectivity index (χ2v) is 6.71. The minimum absolute atomic E-state index is 0.0916. The van der Waals surface area contributed by atoms with Crippen molar-refractivity contribution in [3.63, 3.8) is 0 Å². The first-order valence-electron chi connectivity index (χ1n) is 6.21. The molecule has 1 atom stereocenters. The molecule has 0 aromatic heterocycles. The van der Waals surface area contributed by atoms with Crippen molar-refractivity contribution in [3.8, 4) is 5.75 Å². The van der Waals surface area contributed by atoms with Crippen LogP contribution >= 0.6 is 0 Å². The Bertz CT molecular complexity index is 487. The van der Waals surface area contributed by atoms with Crippen LogP contribution in [0.4, 0.5) is 0 Å². The molecule has 0 fully saturated rings. The lowest BCUT2D eigenvalue weighted by atomic mass is 10.1. The molecule has 0 aliphatic heterocycles. The van der Waals surface area contributed by atoms with Gasteiger partial charge in [0.1, 0.15) is 5.75 Å². The first-order valence-corrected chi connectivity index (χ1v) is 8.04. The molecule has 19 heavy (non-hydrogen) atoms. The fourth-order valence-electron chi connectivity index (χ4n) is 1.58. The molecule has 0 spiro atoms. The van der Waals surface area contributed by atoms with Crippen LogP contribution in [-0.2, 0) is 9.84 Å². The molecular formula is C13H21NO4S. The molecule has 0 aliphatic carbocycles. The maximum absolute atomic E-state index is 11.3. The van der Waals surface area contributed by atoms with Crippen LogP contribution in [0.1, 0.15) is 18.6 Å². The number of aliphatic hydroxyl groups is 1. The SMILES string of the molecule is CCS(=O)(=O)CCNCC(O)c1cccc(OC)c1. The summed E-state index contributed by atoms with van der Waals surface area (Å²) in [5, 5.41) is 12.9. The van der Waals surface area contributed by atoms with E-state index in [2.05, 4.69) is 5.32 Å². The number of aliphatic hydroxyl groups excluding tert-OH is 1. The smallest absolute Gasteiger partial charge is 0.151 e. The van der Waals surface area contributed by atoms with E-state index in [1.807, 2.05) is 0 Å². The van der Waals surface area contributed by atoms with E-state index in [4.69, 9.17) is 4.74 Å². The minimum atomic E-state index is -2.96. The molecule has 1 aromatic rings. The Balaban J connectivity index is 2.41. The molecular weight excluding hydrogens is 266 g/mol. The van der Waals surface area contributed by atoms with Crippen molar-refractivity contribution in [2.45, 2.75) is 13.0 Å². The summed E-state index contributed by atoms with van der Waals surface area (Å²) in [6.45, 7) is 2.28. The van der Waals surface area contributed by atoms with E-state index in [9.17, 15) is 13.5 Å². The predicted octanol–water partition coefficient (Wildman–Crippen LogP) is 0.753. The summed E-state index contributed by atoms with van der Waals surface area (Å²) in [6.07, 6.45) is -0.681. The van der Waals surface area contributed by atoms with Gasteiger partial charge in [-0.25, -0.2) is 8.42 Å². The van der Waals surface area contributed by atoms with Gasteiger partial charge in [-0.2, -0.15) is 0 Å². The van der Waals surface area contributed by atoms with Crippen molar-refractivity contribution < 1.29 is 18.3 Å². The van der Waals surface area contributed by atoms with Gasteiger partial charge in [0, 0.05) is 18.8 Å². The van der Waals surface area contributed by atoms with Crippen LogP contribution in [0.5, 0.6) is 5.75 Å². The Labute approximate surface area is 114 Å². The molecule has 0 aliphatic rings. The van der Waals surface area contributed by atoms with Gasteiger partial charge < -0.3 is 15.2 Å².